The number of para-hydroxylation sites is 2. The number of hydrogen-bond acceptors (Lipinski definition) is 7. The Labute approximate surface area is 173 Å². The molecule has 9 heteroatoms. The summed E-state index contributed by atoms with van der Waals surface area (Å²) in [6, 6.07) is 11.6. The first-order chi connectivity index (χ1) is 14.4. The summed E-state index contributed by atoms with van der Waals surface area (Å²) < 4.78 is 21.2. The molecule has 0 bridgehead atoms. The summed E-state index contributed by atoms with van der Waals surface area (Å²) in [5, 5.41) is 5.29. The van der Waals surface area contributed by atoms with Gasteiger partial charge in [-0.2, -0.15) is 0 Å². The summed E-state index contributed by atoms with van der Waals surface area (Å²) in [6.45, 7) is 2.84. The van der Waals surface area contributed by atoms with E-state index in [0.29, 0.717) is 22.9 Å². The highest BCUT2D eigenvalue weighted by Crippen LogP contribution is 2.36. The number of carbonyl (C=O) groups excluding carboxylic acids is 3. The predicted octanol–water partition coefficient (Wildman–Crippen LogP) is 2.37. The van der Waals surface area contributed by atoms with Gasteiger partial charge in [0.05, 0.1) is 19.4 Å². The molecule has 9 nitrogen and oxygen atoms in total. The first-order valence-corrected chi connectivity index (χ1v) is 9.24. The van der Waals surface area contributed by atoms with E-state index in [9.17, 15) is 14.4 Å². The highest BCUT2D eigenvalue weighted by Gasteiger charge is 2.48. The van der Waals surface area contributed by atoms with Gasteiger partial charge in [-0.3, -0.25) is 9.59 Å². The average molecular weight is 414 g/mol. The second-order valence-corrected chi connectivity index (χ2v) is 6.51. The van der Waals surface area contributed by atoms with Gasteiger partial charge in [0.15, 0.2) is 18.1 Å². The van der Waals surface area contributed by atoms with Crippen LogP contribution in [0.2, 0.25) is 0 Å². The minimum Gasteiger partial charge on any atom is -0.493 e. The molecule has 2 aromatic rings. The quantitative estimate of drug-likeness (QED) is 0.528. The lowest BCUT2D eigenvalue weighted by atomic mass is 10.0. The Morgan fingerprint density at radius 3 is 2.60 bits per heavy atom. The Balaban J connectivity index is 1.68. The van der Waals surface area contributed by atoms with Crippen LogP contribution in [0.1, 0.15) is 13.8 Å². The average Bonchev–Trinajstić information content (AvgIpc) is 2.73. The van der Waals surface area contributed by atoms with Gasteiger partial charge in [-0.15, -0.1) is 0 Å². The third-order valence-electron chi connectivity index (χ3n) is 4.35. The van der Waals surface area contributed by atoms with E-state index in [1.165, 1.54) is 20.1 Å². The van der Waals surface area contributed by atoms with Gasteiger partial charge in [-0.1, -0.05) is 12.1 Å². The molecular formula is C21H22N2O7. The van der Waals surface area contributed by atoms with Crippen LogP contribution < -0.4 is 24.8 Å². The van der Waals surface area contributed by atoms with Crippen molar-refractivity contribution in [2.75, 3.05) is 31.0 Å². The Morgan fingerprint density at radius 2 is 1.90 bits per heavy atom. The number of anilines is 2. The van der Waals surface area contributed by atoms with Gasteiger partial charge in [-0.25, -0.2) is 4.79 Å². The monoisotopic (exact) mass is 414 g/mol. The van der Waals surface area contributed by atoms with Crippen LogP contribution in [0.3, 0.4) is 0 Å². The molecule has 1 aliphatic heterocycles. The SMILES string of the molecule is CCOC(=O)[C@]1(C)Oc2cc(NC(=O)COc3ccccc3OC)ccc2NC1=O. The second kappa shape index (κ2) is 8.73. The molecule has 1 heterocycles. The maximum Gasteiger partial charge on any atom is 0.360 e. The fourth-order valence-electron chi connectivity index (χ4n) is 2.78. The first kappa shape index (κ1) is 21.0. The van der Waals surface area contributed by atoms with Crippen LogP contribution in [-0.4, -0.2) is 43.7 Å². The minimum atomic E-state index is -1.82. The summed E-state index contributed by atoms with van der Waals surface area (Å²) in [5.41, 5.74) is -1.03. The molecule has 2 aromatic carbocycles. The van der Waals surface area contributed by atoms with Crippen LogP contribution in [0.4, 0.5) is 11.4 Å². The lowest BCUT2D eigenvalue weighted by Gasteiger charge is -2.32. The highest BCUT2D eigenvalue weighted by molar-refractivity contribution is 6.14. The molecular weight excluding hydrogens is 392 g/mol. The predicted molar refractivity (Wildman–Crippen MR) is 108 cm³/mol. The topological polar surface area (TPSA) is 112 Å². The van der Waals surface area contributed by atoms with Crippen molar-refractivity contribution in [2.45, 2.75) is 19.4 Å². The van der Waals surface area contributed by atoms with E-state index in [1.54, 1.807) is 43.3 Å². The van der Waals surface area contributed by atoms with Crippen molar-refractivity contribution >= 4 is 29.2 Å². The fourth-order valence-corrected chi connectivity index (χ4v) is 2.78. The number of benzene rings is 2. The Morgan fingerprint density at radius 1 is 1.17 bits per heavy atom. The normalized spacial score (nSPS) is 17.1. The molecule has 0 saturated carbocycles. The number of fused-ring (bicyclic) bond motifs is 1. The van der Waals surface area contributed by atoms with Crippen LogP contribution in [0, 0.1) is 0 Å². The third kappa shape index (κ3) is 4.29. The van der Waals surface area contributed by atoms with E-state index in [4.69, 9.17) is 18.9 Å². The first-order valence-electron chi connectivity index (χ1n) is 9.24. The van der Waals surface area contributed by atoms with E-state index in [1.807, 2.05) is 0 Å². The van der Waals surface area contributed by atoms with E-state index in [0.717, 1.165) is 0 Å². The summed E-state index contributed by atoms with van der Waals surface area (Å²) >= 11 is 0. The fraction of sp³-hybridized carbons (Fsp3) is 0.286. The molecule has 2 amide bonds. The van der Waals surface area contributed by atoms with Crippen molar-refractivity contribution in [1.82, 2.24) is 0 Å². The van der Waals surface area contributed by atoms with Gasteiger partial charge >= 0.3 is 5.97 Å². The summed E-state index contributed by atoms with van der Waals surface area (Å²) in [6.07, 6.45) is 0. The van der Waals surface area contributed by atoms with Gasteiger partial charge in [0, 0.05) is 11.8 Å². The molecule has 3 rings (SSSR count). The highest BCUT2D eigenvalue weighted by atomic mass is 16.6. The van der Waals surface area contributed by atoms with Gasteiger partial charge < -0.3 is 29.6 Å². The number of nitrogens with one attached hydrogen (secondary N) is 2. The molecule has 0 saturated heterocycles. The standard InChI is InChI=1S/C21H22N2O7/c1-4-28-20(26)21(2)19(25)23-14-10-9-13(11-17(14)30-21)22-18(24)12-29-16-8-6-5-7-15(16)27-3/h5-11H,4,12H2,1-3H3,(H,22,24)(H,23,25)/t21-/m1/s1. The summed E-state index contributed by atoms with van der Waals surface area (Å²) in [7, 11) is 1.51. The minimum absolute atomic E-state index is 0.111. The van der Waals surface area contributed by atoms with Crippen LogP contribution in [0.5, 0.6) is 17.2 Å². The Kier molecular flexibility index (Phi) is 6.10. The zero-order valence-corrected chi connectivity index (χ0v) is 16.8. The van der Waals surface area contributed by atoms with Crippen molar-refractivity contribution in [1.29, 1.82) is 0 Å². The summed E-state index contributed by atoms with van der Waals surface area (Å²) in [5.74, 6) is -0.649. The maximum atomic E-state index is 12.3. The number of esters is 1. The van der Waals surface area contributed by atoms with Crippen LogP contribution >= 0.6 is 0 Å². The van der Waals surface area contributed by atoms with Crippen molar-refractivity contribution in [2.24, 2.45) is 0 Å². The third-order valence-corrected chi connectivity index (χ3v) is 4.35. The zero-order valence-electron chi connectivity index (χ0n) is 16.8. The van der Waals surface area contributed by atoms with Gasteiger partial charge in [-0.05, 0) is 38.1 Å². The molecule has 2 N–H and O–H groups in total. The molecule has 158 valence electrons. The smallest absolute Gasteiger partial charge is 0.360 e. The lowest BCUT2D eigenvalue weighted by molar-refractivity contribution is -0.165. The molecule has 0 fully saturated rings. The van der Waals surface area contributed by atoms with Gasteiger partial charge in [0.1, 0.15) is 5.75 Å². The number of hydrogen-bond donors (Lipinski definition) is 2. The molecule has 0 unspecified atom stereocenters. The van der Waals surface area contributed by atoms with E-state index >= 15 is 0 Å². The number of rotatable bonds is 7. The lowest BCUT2D eigenvalue weighted by Crippen LogP contribution is -2.55. The molecule has 0 aromatic heterocycles. The second-order valence-electron chi connectivity index (χ2n) is 6.51. The van der Waals surface area contributed by atoms with E-state index < -0.39 is 23.4 Å². The molecule has 1 aliphatic rings. The molecule has 0 aliphatic carbocycles. The largest absolute Gasteiger partial charge is 0.493 e. The van der Waals surface area contributed by atoms with Crippen molar-refractivity contribution in [3.8, 4) is 17.2 Å². The zero-order chi connectivity index (χ0) is 21.7. The maximum absolute atomic E-state index is 12.3. The summed E-state index contributed by atoms with van der Waals surface area (Å²) in [4.78, 5) is 36.7. The van der Waals surface area contributed by atoms with Crippen molar-refractivity contribution in [3.05, 3.63) is 42.5 Å². The van der Waals surface area contributed by atoms with E-state index in [2.05, 4.69) is 10.6 Å². The number of ether oxygens (including phenoxy) is 4. The molecule has 30 heavy (non-hydrogen) atoms. The van der Waals surface area contributed by atoms with Gasteiger partial charge in [0.2, 0.25) is 0 Å². The van der Waals surface area contributed by atoms with Crippen LogP contribution in [-0.2, 0) is 19.1 Å². The van der Waals surface area contributed by atoms with Crippen LogP contribution in [0.15, 0.2) is 42.5 Å². The van der Waals surface area contributed by atoms with Crippen molar-refractivity contribution in [3.63, 3.8) is 0 Å². The molecule has 1 atom stereocenters. The Hall–Kier alpha value is -3.75. The van der Waals surface area contributed by atoms with Crippen LogP contribution in [0.25, 0.3) is 0 Å². The number of methoxy groups -OCH3 is 1. The number of amides is 2. The molecule has 0 radical (unpaired) electrons. The molecule has 0 spiro atoms. The Bertz CT molecular complexity index is 976. The number of carbonyl (C=O) groups is 3. The van der Waals surface area contributed by atoms with Crippen molar-refractivity contribution < 1.29 is 33.3 Å². The van der Waals surface area contributed by atoms with E-state index in [-0.39, 0.29) is 19.0 Å². The van der Waals surface area contributed by atoms with Gasteiger partial charge in [0.25, 0.3) is 17.4 Å².